The van der Waals surface area contributed by atoms with Crippen molar-refractivity contribution in [1.29, 1.82) is 0 Å². The van der Waals surface area contributed by atoms with Gasteiger partial charge in [-0.15, -0.1) is 0 Å². The van der Waals surface area contributed by atoms with Crippen LogP contribution < -0.4 is 0 Å². The molecule has 2 atom stereocenters. The van der Waals surface area contributed by atoms with Crippen LogP contribution in [0.1, 0.15) is 33.1 Å². The Morgan fingerprint density at radius 2 is 2.06 bits per heavy atom. The summed E-state index contributed by atoms with van der Waals surface area (Å²) in [6.45, 7) is 7.87. The van der Waals surface area contributed by atoms with Gasteiger partial charge in [0.15, 0.2) is 8.32 Å². The molecule has 2 N–H and O–H groups in total. The van der Waals surface area contributed by atoms with Gasteiger partial charge in [0.2, 0.25) is 0 Å². The van der Waals surface area contributed by atoms with Crippen molar-refractivity contribution < 1.29 is 19.4 Å². The zero-order chi connectivity index (χ0) is 13.3. The number of cyclic esters (lactones) is 1. The van der Waals surface area contributed by atoms with Gasteiger partial charge < -0.3 is 14.6 Å². The summed E-state index contributed by atoms with van der Waals surface area (Å²) in [5.41, 5.74) is 0. The van der Waals surface area contributed by atoms with Crippen molar-refractivity contribution in [3.05, 3.63) is 0 Å². The second-order valence-electron chi connectivity index (χ2n) is 6.25. The molecule has 0 spiro atoms. The predicted octanol–water partition coefficient (Wildman–Crippen LogP) is 1.67. The van der Waals surface area contributed by atoms with Gasteiger partial charge in [-0.25, -0.2) is 0 Å². The minimum absolute atomic E-state index is 0.109. The second-order valence-corrected chi connectivity index (χ2v) is 10.7. The summed E-state index contributed by atoms with van der Waals surface area (Å²) in [4.78, 5) is 21.6. The largest absolute Gasteiger partial charge is 0.460 e. The number of carbonyl (C=O) groups is 1. The van der Waals surface area contributed by atoms with Crippen LogP contribution in [0, 0.1) is 5.92 Å². The lowest BCUT2D eigenvalue weighted by atomic mass is 9.87. The van der Waals surface area contributed by atoms with E-state index in [2.05, 4.69) is 13.8 Å². The lowest BCUT2D eigenvalue weighted by molar-refractivity contribution is -0.159. The van der Waals surface area contributed by atoms with E-state index in [-0.39, 0.29) is 29.6 Å². The fraction of sp³-hybridized carbons (Fsp3) is 0.917. The maximum Gasteiger partial charge on any atom is 0.306 e. The molecule has 1 aliphatic rings. The highest BCUT2D eigenvalue weighted by Crippen LogP contribution is 2.44. The smallest absolute Gasteiger partial charge is 0.306 e. The molecular formula is C12H24O4Si. The number of rotatable bonds is 4. The number of esters is 1. The molecule has 0 amide bonds. The summed E-state index contributed by atoms with van der Waals surface area (Å²) in [6.07, 6.45) is 1.56. The first-order valence-corrected chi connectivity index (χ1v) is 9.13. The van der Waals surface area contributed by atoms with Crippen molar-refractivity contribution in [2.75, 3.05) is 6.61 Å². The molecule has 0 unspecified atom stereocenters. The molecule has 5 heteroatoms. The molecule has 0 bridgehead atoms. The SMILES string of the molecule is CC(C)(C[C@H]1CC(=O)O[C@H](CO)C1)[Si](C)(C)O. The molecule has 0 saturated carbocycles. The van der Waals surface area contributed by atoms with Crippen molar-refractivity contribution in [3.8, 4) is 0 Å². The van der Waals surface area contributed by atoms with Crippen molar-refractivity contribution in [3.63, 3.8) is 0 Å². The van der Waals surface area contributed by atoms with Crippen molar-refractivity contribution in [2.45, 2.75) is 57.3 Å². The Balaban J connectivity index is 2.65. The minimum atomic E-state index is -2.24. The van der Waals surface area contributed by atoms with Crippen LogP contribution in [-0.2, 0) is 9.53 Å². The second kappa shape index (κ2) is 5.08. The van der Waals surface area contributed by atoms with Gasteiger partial charge in [0, 0.05) is 6.42 Å². The molecule has 100 valence electrons. The molecule has 0 aromatic carbocycles. The Labute approximate surface area is 104 Å². The Bertz CT molecular complexity index is 283. The van der Waals surface area contributed by atoms with Crippen molar-refractivity contribution in [2.24, 2.45) is 5.92 Å². The highest BCUT2D eigenvalue weighted by atomic mass is 28.4. The van der Waals surface area contributed by atoms with Crippen LogP contribution in [-0.4, -0.2) is 36.9 Å². The van der Waals surface area contributed by atoms with E-state index in [0.717, 1.165) is 6.42 Å². The Morgan fingerprint density at radius 3 is 2.53 bits per heavy atom. The van der Waals surface area contributed by atoms with E-state index in [1.807, 2.05) is 13.1 Å². The fourth-order valence-electron chi connectivity index (χ4n) is 2.21. The topological polar surface area (TPSA) is 66.8 Å². The van der Waals surface area contributed by atoms with Gasteiger partial charge in [-0.05, 0) is 36.9 Å². The standard InChI is InChI=1S/C12H24O4Si/c1-12(2,17(3,4)15)7-9-5-10(8-13)16-11(14)6-9/h9-10,13,15H,5-8H2,1-4H3/t9-,10+/m1/s1. The van der Waals surface area contributed by atoms with Gasteiger partial charge in [0.25, 0.3) is 0 Å². The number of aliphatic hydroxyl groups excluding tert-OH is 1. The number of ether oxygens (including phenoxy) is 1. The Morgan fingerprint density at radius 1 is 1.47 bits per heavy atom. The van der Waals surface area contributed by atoms with E-state index in [9.17, 15) is 9.59 Å². The minimum Gasteiger partial charge on any atom is -0.460 e. The molecule has 0 aliphatic carbocycles. The third-order valence-corrected chi connectivity index (χ3v) is 7.53. The maximum atomic E-state index is 11.4. The van der Waals surface area contributed by atoms with Gasteiger partial charge in [0.05, 0.1) is 6.61 Å². The van der Waals surface area contributed by atoms with Gasteiger partial charge in [-0.1, -0.05) is 13.8 Å². The first-order chi connectivity index (χ1) is 7.65. The van der Waals surface area contributed by atoms with Crippen LogP contribution in [0.15, 0.2) is 0 Å². The first kappa shape index (κ1) is 14.7. The average molecular weight is 260 g/mol. The zero-order valence-electron chi connectivity index (χ0n) is 11.2. The average Bonchev–Trinajstić information content (AvgIpc) is 2.14. The molecule has 17 heavy (non-hydrogen) atoms. The summed E-state index contributed by atoms with van der Waals surface area (Å²) in [5, 5.41) is 8.94. The van der Waals surface area contributed by atoms with Crippen LogP contribution in [0.4, 0.5) is 0 Å². The van der Waals surface area contributed by atoms with Gasteiger partial charge >= 0.3 is 5.97 Å². The van der Waals surface area contributed by atoms with E-state index in [1.54, 1.807) is 0 Å². The predicted molar refractivity (Wildman–Crippen MR) is 68.0 cm³/mol. The Kier molecular flexibility index (Phi) is 4.38. The molecule has 1 rings (SSSR count). The van der Waals surface area contributed by atoms with E-state index in [1.165, 1.54) is 0 Å². The summed E-state index contributed by atoms with van der Waals surface area (Å²) >= 11 is 0. The lowest BCUT2D eigenvalue weighted by Crippen LogP contribution is -2.42. The summed E-state index contributed by atoms with van der Waals surface area (Å²) < 4.78 is 5.03. The third-order valence-electron chi connectivity index (χ3n) is 4.01. The van der Waals surface area contributed by atoms with Crippen LogP contribution in [0.5, 0.6) is 0 Å². The highest BCUT2D eigenvalue weighted by molar-refractivity contribution is 6.72. The Hall–Kier alpha value is -0.393. The zero-order valence-corrected chi connectivity index (χ0v) is 12.2. The molecule has 1 fully saturated rings. The van der Waals surface area contributed by atoms with Crippen LogP contribution in [0.2, 0.25) is 18.1 Å². The van der Waals surface area contributed by atoms with Gasteiger partial charge in [-0.3, -0.25) is 4.79 Å². The normalized spacial score (nSPS) is 26.8. The molecule has 0 aromatic heterocycles. The van der Waals surface area contributed by atoms with E-state index < -0.39 is 8.32 Å². The van der Waals surface area contributed by atoms with Crippen LogP contribution >= 0.6 is 0 Å². The third kappa shape index (κ3) is 3.79. The van der Waals surface area contributed by atoms with E-state index >= 15 is 0 Å². The van der Waals surface area contributed by atoms with Gasteiger partial charge in [0.1, 0.15) is 6.10 Å². The van der Waals surface area contributed by atoms with Crippen molar-refractivity contribution in [1.82, 2.24) is 0 Å². The number of hydrogen-bond donors (Lipinski definition) is 2. The summed E-state index contributed by atoms with van der Waals surface area (Å²) in [7, 11) is -2.24. The molecule has 0 aromatic rings. The molecular weight excluding hydrogens is 236 g/mol. The number of aliphatic hydroxyl groups is 1. The maximum absolute atomic E-state index is 11.4. The monoisotopic (exact) mass is 260 g/mol. The first-order valence-electron chi connectivity index (χ1n) is 6.18. The van der Waals surface area contributed by atoms with Crippen molar-refractivity contribution >= 4 is 14.3 Å². The molecule has 0 radical (unpaired) electrons. The molecule has 1 heterocycles. The number of carbonyl (C=O) groups excluding carboxylic acids is 1. The quantitative estimate of drug-likeness (QED) is 0.596. The van der Waals surface area contributed by atoms with E-state index in [4.69, 9.17) is 9.84 Å². The van der Waals surface area contributed by atoms with Gasteiger partial charge in [-0.2, -0.15) is 0 Å². The molecule has 1 saturated heterocycles. The summed E-state index contributed by atoms with van der Waals surface area (Å²) in [6, 6.07) is 0. The fourth-order valence-corrected chi connectivity index (χ4v) is 3.00. The highest BCUT2D eigenvalue weighted by Gasteiger charge is 2.41. The number of hydrogen-bond acceptors (Lipinski definition) is 4. The molecule has 4 nitrogen and oxygen atoms in total. The van der Waals surface area contributed by atoms with Crippen LogP contribution in [0.3, 0.4) is 0 Å². The van der Waals surface area contributed by atoms with Crippen LogP contribution in [0.25, 0.3) is 0 Å². The molecule has 1 aliphatic heterocycles. The summed E-state index contributed by atoms with van der Waals surface area (Å²) in [5.74, 6) is -0.0177. The van der Waals surface area contributed by atoms with E-state index in [0.29, 0.717) is 12.8 Å². The lowest BCUT2D eigenvalue weighted by Gasteiger charge is -2.39.